The van der Waals surface area contributed by atoms with E-state index in [1.807, 2.05) is 6.92 Å². The van der Waals surface area contributed by atoms with E-state index in [0.29, 0.717) is 12.8 Å². The van der Waals surface area contributed by atoms with Gasteiger partial charge in [-0.05, 0) is 38.2 Å². The fourth-order valence-corrected chi connectivity index (χ4v) is 5.55. The molecule has 0 saturated carbocycles. The first-order valence-corrected chi connectivity index (χ1v) is 15.4. The van der Waals surface area contributed by atoms with Gasteiger partial charge in [0.1, 0.15) is 36.5 Å². The fourth-order valence-electron chi connectivity index (χ4n) is 5.55. The van der Waals surface area contributed by atoms with Crippen molar-refractivity contribution in [2.75, 3.05) is 13.8 Å². The molecule has 11 atom stereocenters. The minimum atomic E-state index is -1.83. The van der Waals surface area contributed by atoms with Gasteiger partial charge in [-0.15, -0.1) is 0 Å². The van der Waals surface area contributed by atoms with Crippen LogP contribution in [0, 0.1) is 5.92 Å². The number of nitrogens with one attached hydrogen (secondary N) is 3. The highest BCUT2D eigenvalue weighted by Crippen LogP contribution is 2.34. The minimum absolute atomic E-state index is 0.0621. The summed E-state index contributed by atoms with van der Waals surface area (Å²) in [7, 11) is 1.27. The third-order valence-electron chi connectivity index (χ3n) is 8.34. The number of nitrogens with zero attached hydrogens (tertiary/aromatic N) is 1. The molecule has 0 aromatic rings. The second-order valence-electron chi connectivity index (χ2n) is 12.2. The maximum absolute atomic E-state index is 13.1. The molecule has 0 aliphatic carbocycles. The van der Waals surface area contributed by atoms with E-state index in [-0.39, 0.29) is 30.4 Å². The number of esters is 1. The molecule has 4 aliphatic rings. The lowest BCUT2D eigenvalue weighted by Crippen LogP contribution is -2.55. The van der Waals surface area contributed by atoms with Crippen molar-refractivity contribution in [2.24, 2.45) is 17.4 Å². The summed E-state index contributed by atoms with van der Waals surface area (Å²) in [5.41, 5.74) is 11.7. The maximum atomic E-state index is 13.1. The van der Waals surface area contributed by atoms with E-state index in [4.69, 9.17) is 35.2 Å². The van der Waals surface area contributed by atoms with E-state index in [0.717, 1.165) is 12.5 Å². The van der Waals surface area contributed by atoms with Gasteiger partial charge in [-0.3, -0.25) is 24.0 Å². The number of nitrogens with two attached hydrogens (primary N) is 2. The van der Waals surface area contributed by atoms with Crippen molar-refractivity contribution in [3.8, 4) is 0 Å². The first-order valence-electron chi connectivity index (χ1n) is 15.4. The Kier molecular flexibility index (Phi) is 11.8. The first kappa shape index (κ1) is 36.0. The lowest BCUT2D eigenvalue weighted by Gasteiger charge is -2.35. The van der Waals surface area contributed by atoms with Crippen molar-refractivity contribution < 1.29 is 57.9 Å². The van der Waals surface area contributed by atoms with Gasteiger partial charge in [0, 0.05) is 25.4 Å². The molecule has 0 aromatic carbocycles. The molecule has 4 heterocycles. The molecule has 0 aromatic heterocycles. The number of methoxy groups -OCH3 is 1. The monoisotopic (exact) mass is 668 g/mol. The lowest BCUT2D eigenvalue weighted by atomic mass is 10.0. The van der Waals surface area contributed by atoms with E-state index < -0.39 is 84.8 Å². The highest BCUT2D eigenvalue weighted by Gasteiger charge is 2.55. The number of carbonyl (C=O) groups is 5. The van der Waals surface area contributed by atoms with Crippen LogP contribution < -0.4 is 27.4 Å². The second-order valence-corrected chi connectivity index (χ2v) is 12.2. The van der Waals surface area contributed by atoms with E-state index >= 15 is 0 Å². The molecule has 4 rings (SSSR count). The molecular formula is C29H44N6O12. The van der Waals surface area contributed by atoms with Gasteiger partial charge in [-0.2, -0.15) is 0 Å². The predicted molar refractivity (Wildman–Crippen MR) is 159 cm³/mol. The zero-order valence-corrected chi connectivity index (χ0v) is 26.6. The summed E-state index contributed by atoms with van der Waals surface area (Å²) in [6, 6.07) is -1.95. The maximum Gasteiger partial charge on any atom is 0.323 e. The average molecular weight is 669 g/mol. The van der Waals surface area contributed by atoms with E-state index in [1.54, 1.807) is 13.8 Å². The van der Waals surface area contributed by atoms with Crippen LogP contribution in [0.5, 0.6) is 0 Å². The van der Waals surface area contributed by atoms with Crippen LogP contribution in [0.25, 0.3) is 0 Å². The number of hydrogen-bond acceptors (Lipinski definition) is 14. The Balaban J connectivity index is 1.55. The molecule has 0 bridgehead atoms. The van der Waals surface area contributed by atoms with Gasteiger partial charge < -0.3 is 66.2 Å². The van der Waals surface area contributed by atoms with Crippen LogP contribution in [0.4, 0.5) is 0 Å². The molecule has 0 radical (unpaired) electrons. The average Bonchev–Trinajstić information content (AvgIpc) is 3.28. The molecule has 4 amide bonds. The number of aliphatic hydroxyl groups excluding tert-OH is 2. The van der Waals surface area contributed by atoms with Crippen molar-refractivity contribution in [1.82, 2.24) is 20.9 Å². The molecule has 18 nitrogen and oxygen atoms in total. The lowest BCUT2D eigenvalue weighted by molar-refractivity contribution is -0.241. The number of carbonyl (C=O) groups excluding carboxylic acids is 5. The highest BCUT2D eigenvalue weighted by molar-refractivity contribution is 5.95. The molecule has 262 valence electrons. The summed E-state index contributed by atoms with van der Waals surface area (Å²) in [5.74, 6) is -4.28. The standard InChI is InChI=1S/C29H44N6O12/c1-12(2)18(30)28(42)46-23-20(43-4)21(45-27(23)35-9-8-17(37)32-11-35)22(24(31)39)47-29-19(38)15(36)10-16(44-29)26(41)34-14-7-5-6-13(3)33-25(14)40/h8-10,12-15,18-23,27,29,36,38H,5-7,11,30H2,1-4H3,(H2,31,39)(H,32,37)(H,33,40)(H,34,41)/t13-,14?,15+,18-,19+,20-,21+,22-,23-,27-,29?/m1/s1. The summed E-state index contributed by atoms with van der Waals surface area (Å²) in [6.07, 6.45) is -6.76. The summed E-state index contributed by atoms with van der Waals surface area (Å²) >= 11 is 0. The van der Waals surface area contributed by atoms with Gasteiger partial charge in [-0.1, -0.05) is 13.8 Å². The van der Waals surface area contributed by atoms with Crippen LogP contribution in [0.3, 0.4) is 0 Å². The summed E-state index contributed by atoms with van der Waals surface area (Å²) in [6.45, 7) is 5.24. The summed E-state index contributed by atoms with van der Waals surface area (Å²) < 4.78 is 28.9. The van der Waals surface area contributed by atoms with Crippen LogP contribution in [0.15, 0.2) is 24.1 Å². The Morgan fingerprint density at radius 3 is 2.51 bits per heavy atom. The Morgan fingerprint density at radius 2 is 1.89 bits per heavy atom. The third-order valence-corrected chi connectivity index (χ3v) is 8.34. The van der Waals surface area contributed by atoms with E-state index in [1.165, 1.54) is 24.3 Å². The molecule has 18 heteroatoms. The van der Waals surface area contributed by atoms with Crippen LogP contribution in [0.2, 0.25) is 0 Å². The number of amides is 4. The molecule has 0 spiro atoms. The minimum Gasteiger partial charge on any atom is -0.456 e. The van der Waals surface area contributed by atoms with E-state index in [9.17, 15) is 34.2 Å². The number of rotatable bonds is 11. The van der Waals surface area contributed by atoms with Crippen LogP contribution in [-0.2, 0) is 47.7 Å². The van der Waals surface area contributed by atoms with Gasteiger partial charge in [0.25, 0.3) is 5.91 Å². The molecule has 2 fully saturated rings. The third kappa shape index (κ3) is 8.38. The fraction of sp³-hybridized carbons (Fsp3) is 0.690. The van der Waals surface area contributed by atoms with Crippen LogP contribution >= 0.6 is 0 Å². The molecule has 2 saturated heterocycles. The van der Waals surface area contributed by atoms with Gasteiger partial charge in [-0.25, -0.2) is 0 Å². The normalized spacial score (nSPS) is 33.9. The number of primary amides is 1. The van der Waals surface area contributed by atoms with Crippen molar-refractivity contribution in [3.05, 3.63) is 24.1 Å². The van der Waals surface area contributed by atoms with Crippen molar-refractivity contribution in [2.45, 2.75) is 107 Å². The number of ether oxygens (including phenoxy) is 5. The van der Waals surface area contributed by atoms with Crippen LogP contribution in [-0.4, -0.2) is 126 Å². The summed E-state index contributed by atoms with van der Waals surface area (Å²) in [5, 5.41) is 29.2. The zero-order valence-electron chi connectivity index (χ0n) is 26.6. The Bertz CT molecular complexity index is 1260. The van der Waals surface area contributed by atoms with Gasteiger partial charge >= 0.3 is 5.97 Å². The van der Waals surface area contributed by atoms with Gasteiger partial charge in [0.15, 0.2) is 24.2 Å². The molecule has 47 heavy (non-hydrogen) atoms. The zero-order chi connectivity index (χ0) is 34.6. The topological polar surface area (TPSA) is 263 Å². The smallest absolute Gasteiger partial charge is 0.323 e. The van der Waals surface area contributed by atoms with Crippen molar-refractivity contribution in [1.29, 1.82) is 0 Å². The van der Waals surface area contributed by atoms with Crippen LogP contribution in [0.1, 0.15) is 40.0 Å². The Hall–Kier alpha value is -3.81. The predicted octanol–water partition coefficient (Wildman–Crippen LogP) is -3.47. The quantitative estimate of drug-likeness (QED) is 0.106. The Labute approximate surface area is 271 Å². The van der Waals surface area contributed by atoms with Crippen molar-refractivity contribution >= 4 is 29.6 Å². The molecule has 2 unspecified atom stereocenters. The Morgan fingerprint density at radius 1 is 1.17 bits per heavy atom. The highest BCUT2D eigenvalue weighted by atomic mass is 16.7. The summed E-state index contributed by atoms with van der Waals surface area (Å²) in [4.78, 5) is 64.7. The molecule has 9 N–H and O–H groups in total. The van der Waals surface area contributed by atoms with E-state index in [2.05, 4.69) is 16.0 Å². The largest absolute Gasteiger partial charge is 0.456 e. The number of aliphatic hydroxyl groups is 2. The molecule has 4 aliphatic heterocycles. The van der Waals surface area contributed by atoms with Crippen molar-refractivity contribution in [3.63, 3.8) is 0 Å². The first-order chi connectivity index (χ1) is 22.2. The molecular weight excluding hydrogens is 624 g/mol. The SMILES string of the molecule is CO[C@H]1[C@@H](OC(=O)[C@H](N)C(C)C)[C@H](N2C=CC(=O)NC2)O[C@@H]1[C@@H](OC1OC(C(=O)NC2CCC[C@@H](C)NC2=O)=C[C@H](O)[C@@H]1O)C(N)=O. The van der Waals surface area contributed by atoms with Gasteiger partial charge in [0.2, 0.25) is 24.0 Å². The number of hydrogen-bond donors (Lipinski definition) is 7. The van der Waals surface area contributed by atoms with Gasteiger partial charge in [0.05, 0.1) is 6.67 Å². The second kappa shape index (κ2) is 15.4.